The minimum atomic E-state index is -0.739. The highest BCUT2D eigenvalue weighted by Crippen LogP contribution is 2.47. The summed E-state index contributed by atoms with van der Waals surface area (Å²) < 4.78 is 0. The summed E-state index contributed by atoms with van der Waals surface area (Å²) >= 11 is 1.81. The maximum Gasteiger partial charge on any atom is 0.0350 e. The van der Waals surface area contributed by atoms with Gasteiger partial charge in [-0.3, -0.25) is 0 Å². The summed E-state index contributed by atoms with van der Waals surface area (Å²) in [4.78, 5) is 0. The molecule has 0 N–H and O–H groups in total. The summed E-state index contributed by atoms with van der Waals surface area (Å²) in [6.07, 6.45) is 6.28. The quantitative estimate of drug-likeness (QED) is 0.596. The molecule has 0 unspecified atom stereocenters. The lowest BCUT2D eigenvalue weighted by molar-refractivity contribution is 2.08. The van der Waals surface area contributed by atoms with Crippen LogP contribution in [0.5, 0.6) is 0 Å². The number of rotatable bonds is 2. The second-order valence-corrected chi connectivity index (χ2v) is 8.64. The third kappa shape index (κ3) is 6.99. The first-order valence-corrected chi connectivity index (χ1v) is 6.80. The molecule has 0 saturated heterocycles. The molecule has 0 aromatic carbocycles. The summed E-state index contributed by atoms with van der Waals surface area (Å²) in [6, 6.07) is 0. The van der Waals surface area contributed by atoms with E-state index in [1.165, 1.54) is 0 Å². The summed E-state index contributed by atoms with van der Waals surface area (Å²) in [6.45, 7) is 0. The molecule has 46 valence electrons. The van der Waals surface area contributed by atoms with E-state index in [1.54, 1.807) is 0 Å². The van der Waals surface area contributed by atoms with Crippen molar-refractivity contribution >= 4 is 31.7 Å². The van der Waals surface area contributed by atoms with Crippen LogP contribution in [0.2, 0.25) is 0 Å². The Labute approximate surface area is 55.8 Å². The van der Waals surface area contributed by atoms with E-state index >= 15 is 0 Å². The monoisotopic (exact) mass is 158 g/mol. The zero-order valence-electron chi connectivity index (χ0n) is 4.90. The molecule has 0 aliphatic heterocycles. The van der Waals surface area contributed by atoms with Crippen molar-refractivity contribution in [2.75, 3.05) is 23.9 Å². The van der Waals surface area contributed by atoms with Crippen molar-refractivity contribution in [1.29, 1.82) is 0 Å². The Morgan fingerprint density at radius 2 is 2.00 bits per heavy atom. The van der Waals surface area contributed by atoms with Gasteiger partial charge in [-0.05, 0) is 18.8 Å². The van der Waals surface area contributed by atoms with Crippen LogP contribution < -0.4 is 0 Å². The van der Waals surface area contributed by atoms with Gasteiger partial charge < -0.3 is 0 Å². The lowest BCUT2D eigenvalue weighted by atomic mass is 11.8. The molecule has 0 radical (unpaired) electrons. The van der Waals surface area contributed by atoms with E-state index in [-0.39, 0.29) is 0 Å². The Hall–Kier alpha value is 0.990. The average Bonchev–Trinajstić information content (AvgIpc) is 1.30. The fourth-order valence-electron chi connectivity index (χ4n) is 0.280. The molecule has 0 atom stereocenters. The first-order valence-electron chi connectivity index (χ1n) is 1.96. The SMILES string of the molecule is CSCS(C)(C)Cl. The predicted octanol–water partition coefficient (Wildman–Crippen LogP) is 2.52. The topological polar surface area (TPSA) is 0 Å². The molecule has 0 fully saturated rings. The molecule has 0 nitrogen and oxygen atoms in total. The fraction of sp³-hybridized carbons (Fsp3) is 1.00. The van der Waals surface area contributed by atoms with Gasteiger partial charge in [-0.2, -0.15) is 21.0 Å². The zero-order chi connectivity index (χ0) is 5.91. The van der Waals surface area contributed by atoms with Gasteiger partial charge in [-0.15, -0.1) is 0 Å². The Morgan fingerprint density at radius 3 is 2.00 bits per heavy atom. The minimum absolute atomic E-state index is 0.739. The van der Waals surface area contributed by atoms with E-state index < -0.39 is 9.24 Å². The molecule has 0 rings (SSSR count). The maximum absolute atomic E-state index is 5.90. The van der Waals surface area contributed by atoms with E-state index in [0.717, 1.165) is 5.08 Å². The van der Waals surface area contributed by atoms with Crippen LogP contribution in [0.3, 0.4) is 0 Å². The summed E-state index contributed by atoms with van der Waals surface area (Å²) in [5.41, 5.74) is 0. The molecule has 0 aromatic heterocycles. The Kier molecular flexibility index (Phi) is 3.54. The van der Waals surface area contributed by atoms with Crippen molar-refractivity contribution in [2.24, 2.45) is 0 Å². The van der Waals surface area contributed by atoms with Gasteiger partial charge in [0, 0.05) is 5.08 Å². The maximum atomic E-state index is 5.90. The van der Waals surface area contributed by atoms with Gasteiger partial charge >= 0.3 is 0 Å². The number of thioether (sulfide) groups is 1. The van der Waals surface area contributed by atoms with Crippen LogP contribution in [0.25, 0.3) is 0 Å². The second-order valence-electron chi connectivity index (χ2n) is 1.81. The van der Waals surface area contributed by atoms with Crippen LogP contribution in [-0.2, 0) is 0 Å². The van der Waals surface area contributed by atoms with Crippen molar-refractivity contribution in [3.8, 4) is 0 Å². The summed E-state index contributed by atoms with van der Waals surface area (Å²) in [5, 5.41) is 1.11. The lowest BCUT2D eigenvalue weighted by Crippen LogP contribution is -1.85. The van der Waals surface area contributed by atoms with Crippen LogP contribution >= 0.6 is 31.7 Å². The van der Waals surface area contributed by atoms with Crippen molar-refractivity contribution in [2.45, 2.75) is 0 Å². The van der Waals surface area contributed by atoms with Gasteiger partial charge in [0.2, 0.25) is 0 Å². The highest BCUT2D eigenvalue weighted by Gasteiger charge is 2.02. The lowest BCUT2D eigenvalue weighted by Gasteiger charge is -2.18. The summed E-state index contributed by atoms with van der Waals surface area (Å²) in [5.74, 6) is 0. The standard InChI is InChI=1S/C4H11ClS2/c1-6-4-7(2,3)5/h4H2,1-3H3. The zero-order valence-corrected chi connectivity index (χ0v) is 7.29. The fourth-order valence-corrected chi connectivity index (χ4v) is 3.32. The third-order valence-electron chi connectivity index (χ3n) is 0.398. The Bertz CT molecular complexity index is 48.1. The molecule has 0 aliphatic rings. The average molecular weight is 159 g/mol. The molecule has 0 saturated carbocycles. The molecule has 0 spiro atoms. The first-order chi connectivity index (χ1) is 3.06. The molecule has 0 aliphatic carbocycles. The third-order valence-corrected chi connectivity index (χ3v) is 4.38. The van der Waals surface area contributed by atoms with E-state index in [4.69, 9.17) is 10.7 Å². The van der Waals surface area contributed by atoms with Crippen molar-refractivity contribution in [1.82, 2.24) is 0 Å². The smallest absolute Gasteiger partial charge is 0.0350 e. The predicted molar refractivity (Wildman–Crippen MR) is 43.7 cm³/mol. The second kappa shape index (κ2) is 3.10. The minimum Gasteiger partial charge on any atom is -0.160 e. The van der Waals surface area contributed by atoms with E-state index in [1.807, 2.05) is 11.8 Å². The molecule has 3 heteroatoms. The molecule has 0 heterocycles. The van der Waals surface area contributed by atoms with Crippen LogP contribution in [0, 0.1) is 0 Å². The molecule has 0 amide bonds. The largest absolute Gasteiger partial charge is 0.160 e. The van der Waals surface area contributed by atoms with Crippen LogP contribution in [0.1, 0.15) is 0 Å². The van der Waals surface area contributed by atoms with Crippen molar-refractivity contribution in [3.05, 3.63) is 0 Å². The van der Waals surface area contributed by atoms with Crippen LogP contribution in [-0.4, -0.2) is 23.9 Å². The number of hydrogen-bond donors (Lipinski definition) is 0. The summed E-state index contributed by atoms with van der Waals surface area (Å²) in [7, 11) is 5.16. The molecule has 7 heavy (non-hydrogen) atoms. The first kappa shape index (κ1) is 7.99. The van der Waals surface area contributed by atoms with E-state index in [9.17, 15) is 0 Å². The van der Waals surface area contributed by atoms with Gasteiger partial charge in [0.15, 0.2) is 0 Å². The van der Waals surface area contributed by atoms with E-state index in [0.29, 0.717) is 0 Å². The molecular formula is C4H11ClS2. The Balaban J connectivity index is 3.15. The highest BCUT2D eigenvalue weighted by atomic mass is 35.7. The molecular weight excluding hydrogens is 148 g/mol. The Morgan fingerprint density at radius 1 is 1.57 bits per heavy atom. The van der Waals surface area contributed by atoms with Gasteiger partial charge in [-0.1, -0.05) is 10.7 Å². The van der Waals surface area contributed by atoms with Gasteiger partial charge in [0.1, 0.15) is 0 Å². The van der Waals surface area contributed by atoms with Crippen LogP contribution in [0.4, 0.5) is 0 Å². The normalized spacial score (nSPS) is 14.3. The molecule has 0 bridgehead atoms. The van der Waals surface area contributed by atoms with E-state index in [2.05, 4.69) is 18.8 Å². The number of halogens is 1. The molecule has 0 aromatic rings. The van der Waals surface area contributed by atoms with Gasteiger partial charge in [0.25, 0.3) is 0 Å². The number of hydrogen-bond acceptors (Lipinski definition) is 1. The van der Waals surface area contributed by atoms with Crippen molar-refractivity contribution in [3.63, 3.8) is 0 Å². The van der Waals surface area contributed by atoms with Gasteiger partial charge in [-0.25, -0.2) is 0 Å². The van der Waals surface area contributed by atoms with Crippen LogP contribution in [0.15, 0.2) is 0 Å². The van der Waals surface area contributed by atoms with Crippen molar-refractivity contribution < 1.29 is 0 Å². The highest BCUT2D eigenvalue weighted by molar-refractivity contribution is 8.53. The van der Waals surface area contributed by atoms with Gasteiger partial charge in [0.05, 0.1) is 0 Å².